The second kappa shape index (κ2) is 4.84. The minimum Gasteiger partial charge on any atom is -0.349 e. The van der Waals surface area contributed by atoms with Crippen LogP contribution in [0.15, 0.2) is 23.1 Å². The molecular weight excluding hydrogens is 281 g/mol. The normalized spacial score (nSPS) is 22.4. The van der Waals surface area contributed by atoms with E-state index in [9.17, 15) is 17.6 Å². The number of amides is 1. The maximum atomic E-state index is 13.9. The standard InChI is InChI=1S/C14H18FNO3S/c1-14(2)7-6-11(16-13(14)17)9-4-5-12(10(15)8-9)20(3,18)19/h4-5,8,11H,6-7H2,1-3H3,(H,16,17). The van der Waals surface area contributed by atoms with Crippen LogP contribution in [0.2, 0.25) is 0 Å². The summed E-state index contributed by atoms with van der Waals surface area (Å²) >= 11 is 0. The molecule has 0 saturated carbocycles. The van der Waals surface area contributed by atoms with Gasteiger partial charge >= 0.3 is 0 Å². The Kier molecular flexibility index (Phi) is 3.62. The first kappa shape index (κ1) is 15.0. The maximum absolute atomic E-state index is 13.9. The third kappa shape index (κ3) is 2.85. The quantitative estimate of drug-likeness (QED) is 0.910. The number of hydrogen-bond acceptors (Lipinski definition) is 3. The Labute approximate surface area is 118 Å². The van der Waals surface area contributed by atoms with E-state index in [1.165, 1.54) is 12.1 Å². The summed E-state index contributed by atoms with van der Waals surface area (Å²) in [5, 5.41) is 2.85. The molecule has 1 N–H and O–H groups in total. The summed E-state index contributed by atoms with van der Waals surface area (Å²) in [6, 6.07) is 3.74. The van der Waals surface area contributed by atoms with E-state index in [1.54, 1.807) is 6.07 Å². The van der Waals surface area contributed by atoms with Crippen molar-refractivity contribution in [2.75, 3.05) is 6.26 Å². The number of rotatable bonds is 2. The van der Waals surface area contributed by atoms with Crippen molar-refractivity contribution in [1.82, 2.24) is 5.32 Å². The molecule has 0 radical (unpaired) electrons. The maximum Gasteiger partial charge on any atom is 0.226 e. The number of piperidine rings is 1. The van der Waals surface area contributed by atoms with Gasteiger partial charge in [0.1, 0.15) is 10.7 Å². The molecule has 0 aliphatic carbocycles. The largest absolute Gasteiger partial charge is 0.349 e. The molecule has 1 atom stereocenters. The molecule has 1 aromatic carbocycles. The van der Waals surface area contributed by atoms with Gasteiger partial charge in [-0.25, -0.2) is 12.8 Å². The zero-order valence-corrected chi connectivity index (χ0v) is 12.6. The fourth-order valence-corrected chi connectivity index (χ4v) is 3.06. The van der Waals surface area contributed by atoms with Gasteiger partial charge in [0.05, 0.1) is 6.04 Å². The van der Waals surface area contributed by atoms with Crippen molar-refractivity contribution in [3.8, 4) is 0 Å². The van der Waals surface area contributed by atoms with Crippen molar-refractivity contribution < 1.29 is 17.6 Å². The smallest absolute Gasteiger partial charge is 0.226 e. The summed E-state index contributed by atoms with van der Waals surface area (Å²) < 4.78 is 36.6. The summed E-state index contributed by atoms with van der Waals surface area (Å²) in [6.45, 7) is 3.73. The monoisotopic (exact) mass is 299 g/mol. The highest BCUT2D eigenvalue weighted by Gasteiger charge is 2.35. The Bertz CT molecular complexity index is 652. The predicted octanol–water partition coefficient (Wildman–Crippen LogP) is 2.21. The van der Waals surface area contributed by atoms with Crippen LogP contribution in [0.1, 0.15) is 38.3 Å². The minimum atomic E-state index is -3.57. The van der Waals surface area contributed by atoms with Crippen LogP contribution in [-0.2, 0) is 14.6 Å². The molecule has 1 aliphatic rings. The van der Waals surface area contributed by atoms with Crippen molar-refractivity contribution >= 4 is 15.7 Å². The van der Waals surface area contributed by atoms with E-state index in [0.717, 1.165) is 6.26 Å². The van der Waals surface area contributed by atoms with E-state index in [0.29, 0.717) is 18.4 Å². The summed E-state index contributed by atoms with van der Waals surface area (Å²) in [4.78, 5) is 11.6. The summed E-state index contributed by atoms with van der Waals surface area (Å²) in [6.07, 6.45) is 2.38. The number of carbonyl (C=O) groups is 1. The van der Waals surface area contributed by atoms with E-state index in [4.69, 9.17) is 0 Å². The molecule has 1 heterocycles. The third-order valence-electron chi connectivity index (χ3n) is 3.74. The lowest BCUT2D eigenvalue weighted by molar-refractivity contribution is -0.133. The average molecular weight is 299 g/mol. The summed E-state index contributed by atoms with van der Waals surface area (Å²) in [5.41, 5.74) is 0.181. The highest BCUT2D eigenvalue weighted by Crippen LogP contribution is 2.34. The molecule has 0 aromatic heterocycles. The van der Waals surface area contributed by atoms with Gasteiger partial charge in [0.15, 0.2) is 9.84 Å². The van der Waals surface area contributed by atoms with Crippen molar-refractivity contribution in [3.63, 3.8) is 0 Å². The first-order valence-electron chi connectivity index (χ1n) is 6.42. The zero-order valence-electron chi connectivity index (χ0n) is 11.7. The van der Waals surface area contributed by atoms with Crippen LogP contribution in [0.4, 0.5) is 4.39 Å². The van der Waals surface area contributed by atoms with Gasteiger partial charge in [-0.2, -0.15) is 0 Å². The first-order valence-corrected chi connectivity index (χ1v) is 8.31. The Morgan fingerprint density at radius 3 is 2.50 bits per heavy atom. The molecule has 1 saturated heterocycles. The second-order valence-corrected chi connectivity index (χ2v) is 7.89. The Hall–Kier alpha value is -1.43. The van der Waals surface area contributed by atoms with Crippen LogP contribution in [0.3, 0.4) is 0 Å². The highest BCUT2D eigenvalue weighted by molar-refractivity contribution is 7.90. The zero-order chi connectivity index (χ0) is 15.1. The van der Waals surface area contributed by atoms with Crippen LogP contribution in [-0.4, -0.2) is 20.6 Å². The van der Waals surface area contributed by atoms with Crippen molar-refractivity contribution in [2.45, 2.75) is 37.6 Å². The lowest BCUT2D eigenvalue weighted by Crippen LogP contribution is -2.44. The number of carbonyl (C=O) groups excluding carboxylic acids is 1. The topological polar surface area (TPSA) is 63.2 Å². The predicted molar refractivity (Wildman–Crippen MR) is 73.4 cm³/mol. The second-order valence-electron chi connectivity index (χ2n) is 5.91. The van der Waals surface area contributed by atoms with Gasteiger partial charge < -0.3 is 5.32 Å². The number of nitrogens with one attached hydrogen (secondary N) is 1. The van der Waals surface area contributed by atoms with Crippen LogP contribution in [0.25, 0.3) is 0 Å². The van der Waals surface area contributed by atoms with E-state index >= 15 is 0 Å². The summed E-state index contributed by atoms with van der Waals surface area (Å²) in [7, 11) is -3.57. The Morgan fingerprint density at radius 2 is 2.00 bits per heavy atom. The van der Waals surface area contributed by atoms with Gasteiger partial charge in [0.2, 0.25) is 5.91 Å². The molecule has 110 valence electrons. The summed E-state index contributed by atoms with van der Waals surface area (Å²) in [5.74, 6) is -0.842. The molecule has 1 amide bonds. The van der Waals surface area contributed by atoms with Crippen LogP contribution in [0.5, 0.6) is 0 Å². The SMILES string of the molecule is CC1(C)CCC(c2ccc(S(C)(=O)=O)c(F)c2)NC1=O. The lowest BCUT2D eigenvalue weighted by atomic mass is 9.80. The number of halogens is 1. The molecule has 20 heavy (non-hydrogen) atoms. The van der Waals surface area contributed by atoms with Crippen LogP contribution in [0, 0.1) is 11.2 Å². The van der Waals surface area contributed by atoms with Crippen LogP contribution < -0.4 is 5.32 Å². The highest BCUT2D eigenvalue weighted by atomic mass is 32.2. The van der Waals surface area contributed by atoms with E-state index in [-0.39, 0.29) is 16.8 Å². The van der Waals surface area contributed by atoms with Gasteiger partial charge in [0.25, 0.3) is 0 Å². The molecule has 6 heteroatoms. The van der Waals surface area contributed by atoms with Gasteiger partial charge in [-0.05, 0) is 30.5 Å². The van der Waals surface area contributed by atoms with Gasteiger partial charge in [-0.1, -0.05) is 19.9 Å². The molecule has 1 fully saturated rings. The van der Waals surface area contributed by atoms with Crippen molar-refractivity contribution in [3.05, 3.63) is 29.6 Å². The Balaban J connectivity index is 2.28. The van der Waals surface area contributed by atoms with E-state index < -0.39 is 21.1 Å². The molecule has 1 aromatic rings. The fraction of sp³-hybridized carbons (Fsp3) is 0.500. The lowest BCUT2D eigenvalue weighted by Gasteiger charge is -2.34. The number of sulfone groups is 1. The Morgan fingerprint density at radius 1 is 1.35 bits per heavy atom. The fourth-order valence-electron chi connectivity index (χ4n) is 2.33. The molecular formula is C14H18FNO3S. The first-order chi connectivity index (χ1) is 9.11. The molecule has 0 bridgehead atoms. The molecule has 0 spiro atoms. The van der Waals surface area contributed by atoms with Crippen LogP contribution >= 0.6 is 0 Å². The number of benzene rings is 1. The van der Waals surface area contributed by atoms with Gasteiger partial charge in [-0.15, -0.1) is 0 Å². The van der Waals surface area contributed by atoms with Gasteiger partial charge in [0, 0.05) is 11.7 Å². The number of hydrogen-bond donors (Lipinski definition) is 1. The molecule has 4 nitrogen and oxygen atoms in total. The van der Waals surface area contributed by atoms with E-state index in [2.05, 4.69) is 5.32 Å². The van der Waals surface area contributed by atoms with E-state index in [1.807, 2.05) is 13.8 Å². The van der Waals surface area contributed by atoms with Gasteiger partial charge in [-0.3, -0.25) is 4.79 Å². The van der Waals surface area contributed by atoms with Crippen molar-refractivity contribution in [2.24, 2.45) is 5.41 Å². The molecule has 1 unspecified atom stereocenters. The third-order valence-corrected chi connectivity index (χ3v) is 4.87. The average Bonchev–Trinajstić information content (AvgIpc) is 2.31. The molecule has 2 rings (SSSR count). The van der Waals surface area contributed by atoms with Crippen molar-refractivity contribution in [1.29, 1.82) is 0 Å². The molecule has 1 aliphatic heterocycles. The minimum absolute atomic E-state index is 0.0682.